The largest absolute Gasteiger partial charge is 0.347 e. The first-order valence-electron chi connectivity index (χ1n) is 6.28. The number of nitriles is 1. The van der Waals surface area contributed by atoms with E-state index in [0.717, 1.165) is 18.7 Å². The van der Waals surface area contributed by atoms with Gasteiger partial charge in [0.1, 0.15) is 11.5 Å². The van der Waals surface area contributed by atoms with Crippen molar-refractivity contribution in [2.75, 3.05) is 0 Å². The molecule has 0 fully saturated rings. The van der Waals surface area contributed by atoms with Crippen LogP contribution in [0.15, 0.2) is 6.20 Å². The van der Waals surface area contributed by atoms with E-state index in [1.165, 1.54) is 0 Å². The fraction of sp³-hybridized carbons (Fsp3) is 0.615. The number of H-pyrrole nitrogens is 1. The molecule has 0 aliphatic rings. The first-order valence-corrected chi connectivity index (χ1v) is 6.28. The van der Waals surface area contributed by atoms with Crippen molar-refractivity contribution in [3.8, 4) is 6.07 Å². The van der Waals surface area contributed by atoms with E-state index in [4.69, 9.17) is 5.26 Å². The normalized spacial score (nSPS) is 12.2. The van der Waals surface area contributed by atoms with Gasteiger partial charge in [-0.2, -0.15) is 5.26 Å². The van der Waals surface area contributed by atoms with Gasteiger partial charge in [0.15, 0.2) is 0 Å². The number of aromatic amines is 1. The monoisotopic (exact) mass is 248 g/mol. The molecule has 0 saturated heterocycles. The molecule has 0 aliphatic carbocycles. The maximum Gasteiger partial charge on any atom is 0.269 e. The lowest BCUT2D eigenvalue weighted by molar-refractivity contribution is 0.0932. The quantitative estimate of drug-likeness (QED) is 0.808. The molecule has 0 aromatic carbocycles. The highest BCUT2D eigenvalue weighted by atomic mass is 16.1. The average molecular weight is 248 g/mol. The molecule has 1 aromatic heterocycles. The van der Waals surface area contributed by atoms with E-state index in [1.54, 1.807) is 6.20 Å². The fourth-order valence-corrected chi connectivity index (χ4v) is 1.64. The number of amides is 1. The van der Waals surface area contributed by atoms with Crippen LogP contribution >= 0.6 is 0 Å². The standard InChI is InChI=1S/C13H20N4O/c1-4-10(5-6-14)16-13(18)11-8-15-12(17-11)7-9(2)3/h8-10H,4-5,7H2,1-3H3,(H,15,17)(H,16,18)/t10-/m0/s1. The summed E-state index contributed by atoms with van der Waals surface area (Å²) in [4.78, 5) is 19.1. The number of nitrogens with one attached hydrogen (secondary N) is 2. The van der Waals surface area contributed by atoms with Crippen molar-refractivity contribution in [3.63, 3.8) is 0 Å². The van der Waals surface area contributed by atoms with E-state index in [-0.39, 0.29) is 11.9 Å². The minimum Gasteiger partial charge on any atom is -0.347 e. The van der Waals surface area contributed by atoms with Gasteiger partial charge in [-0.25, -0.2) is 4.98 Å². The molecule has 1 amide bonds. The highest BCUT2D eigenvalue weighted by Gasteiger charge is 2.14. The topological polar surface area (TPSA) is 81.6 Å². The number of imidazole rings is 1. The third-order valence-electron chi connectivity index (χ3n) is 2.64. The van der Waals surface area contributed by atoms with Gasteiger partial charge in [0.05, 0.1) is 18.7 Å². The molecule has 2 N–H and O–H groups in total. The smallest absolute Gasteiger partial charge is 0.269 e. The van der Waals surface area contributed by atoms with Crippen LogP contribution in [0.25, 0.3) is 0 Å². The zero-order valence-electron chi connectivity index (χ0n) is 11.2. The van der Waals surface area contributed by atoms with Crippen LogP contribution in [0, 0.1) is 17.2 Å². The molecule has 1 heterocycles. The third-order valence-corrected chi connectivity index (χ3v) is 2.64. The van der Waals surface area contributed by atoms with Crippen LogP contribution in [-0.2, 0) is 6.42 Å². The van der Waals surface area contributed by atoms with E-state index < -0.39 is 0 Å². The lowest BCUT2D eigenvalue weighted by Gasteiger charge is -2.12. The summed E-state index contributed by atoms with van der Waals surface area (Å²) in [7, 11) is 0. The summed E-state index contributed by atoms with van der Waals surface area (Å²) >= 11 is 0. The second-order valence-electron chi connectivity index (χ2n) is 4.78. The average Bonchev–Trinajstić information content (AvgIpc) is 2.76. The summed E-state index contributed by atoms with van der Waals surface area (Å²) in [6.45, 7) is 6.14. The molecule has 0 aliphatic heterocycles. The summed E-state index contributed by atoms with van der Waals surface area (Å²) in [5.41, 5.74) is 0.460. The molecule has 0 saturated carbocycles. The SMILES string of the molecule is CC[C@@H](CC#N)NC(=O)c1cnc(CC(C)C)[nH]1. The second kappa shape index (κ2) is 6.80. The number of hydrogen-bond acceptors (Lipinski definition) is 3. The maximum atomic E-state index is 11.9. The van der Waals surface area contributed by atoms with E-state index in [2.05, 4.69) is 35.2 Å². The number of hydrogen-bond donors (Lipinski definition) is 2. The Labute approximate surface area is 108 Å². The first kappa shape index (κ1) is 14.2. The highest BCUT2D eigenvalue weighted by molar-refractivity contribution is 5.92. The van der Waals surface area contributed by atoms with Gasteiger partial charge in [-0.05, 0) is 12.3 Å². The zero-order chi connectivity index (χ0) is 13.5. The van der Waals surface area contributed by atoms with Crippen molar-refractivity contribution in [2.45, 2.75) is 46.1 Å². The zero-order valence-corrected chi connectivity index (χ0v) is 11.2. The van der Waals surface area contributed by atoms with Crippen LogP contribution in [0.4, 0.5) is 0 Å². The van der Waals surface area contributed by atoms with Crippen LogP contribution in [0.3, 0.4) is 0 Å². The molecule has 1 rings (SSSR count). The Balaban J connectivity index is 2.61. The van der Waals surface area contributed by atoms with Gasteiger partial charge >= 0.3 is 0 Å². The predicted octanol–water partition coefficient (Wildman–Crippen LogP) is 2.03. The molecular formula is C13H20N4O. The summed E-state index contributed by atoms with van der Waals surface area (Å²) < 4.78 is 0. The Morgan fingerprint density at radius 3 is 2.89 bits per heavy atom. The number of nitrogens with zero attached hydrogens (tertiary/aromatic N) is 2. The van der Waals surface area contributed by atoms with Crippen molar-refractivity contribution < 1.29 is 4.79 Å². The Morgan fingerprint density at radius 2 is 2.33 bits per heavy atom. The molecule has 5 nitrogen and oxygen atoms in total. The predicted molar refractivity (Wildman–Crippen MR) is 68.9 cm³/mol. The molecule has 1 atom stereocenters. The van der Waals surface area contributed by atoms with Gasteiger partial charge in [0, 0.05) is 12.5 Å². The molecule has 0 unspecified atom stereocenters. The third kappa shape index (κ3) is 4.21. The fourth-order valence-electron chi connectivity index (χ4n) is 1.64. The Morgan fingerprint density at radius 1 is 1.61 bits per heavy atom. The lowest BCUT2D eigenvalue weighted by Crippen LogP contribution is -2.34. The van der Waals surface area contributed by atoms with Crippen molar-refractivity contribution >= 4 is 5.91 Å². The Kier molecular flexibility index (Phi) is 5.37. The van der Waals surface area contributed by atoms with Crippen molar-refractivity contribution in [3.05, 3.63) is 17.7 Å². The van der Waals surface area contributed by atoms with Crippen LogP contribution < -0.4 is 5.32 Å². The molecule has 1 aromatic rings. The van der Waals surface area contributed by atoms with Crippen LogP contribution in [0.2, 0.25) is 0 Å². The summed E-state index contributed by atoms with van der Waals surface area (Å²) in [6, 6.07) is 1.97. The van der Waals surface area contributed by atoms with Gasteiger partial charge in [0.25, 0.3) is 5.91 Å². The lowest BCUT2D eigenvalue weighted by atomic mass is 10.1. The summed E-state index contributed by atoms with van der Waals surface area (Å²) in [5.74, 6) is 1.12. The van der Waals surface area contributed by atoms with Gasteiger partial charge in [0.2, 0.25) is 0 Å². The molecule has 0 spiro atoms. The van der Waals surface area contributed by atoms with Crippen molar-refractivity contribution in [1.82, 2.24) is 15.3 Å². The van der Waals surface area contributed by atoms with Crippen LogP contribution in [0.1, 0.15) is 49.9 Å². The summed E-state index contributed by atoms with van der Waals surface area (Å²) in [6.07, 6.45) is 3.44. The number of aromatic nitrogens is 2. The van der Waals surface area contributed by atoms with E-state index in [9.17, 15) is 4.79 Å². The molecule has 5 heteroatoms. The van der Waals surface area contributed by atoms with Crippen LogP contribution in [0.5, 0.6) is 0 Å². The number of carbonyl (C=O) groups is 1. The maximum absolute atomic E-state index is 11.9. The van der Waals surface area contributed by atoms with E-state index in [0.29, 0.717) is 18.0 Å². The molecule has 0 bridgehead atoms. The van der Waals surface area contributed by atoms with Gasteiger partial charge in [-0.15, -0.1) is 0 Å². The number of carbonyl (C=O) groups excluding carboxylic acids is 1. The Hall–Kier alpha value is -1.83. The van der Waals surface area contributed by atoms with Crippen molar-refractivity contribution in [1.29, 1.82) is 5.26 Å². The molecule has 18 heavy (non-hydrogen) atoms. The number of rotatable bonds is 6. The van der Waals surface area contributed by atoms with E-state index >= 15 is 0 Å². The van der Waals surface area contributed by atoms with Crippen molar-refractivity contribution in [2.24, 2.45) is 5.92 Å². The Bertz CT molecular complexity index is 430. The minimum atomic E-state index is -0.195. The highest BCUT2D eigenvalue weighted by Crippen LogP contribution is 2.05. The van der Waals surface area contributed by atoms with Crippen LogP contribution in [-0.4, -0.2) is 21.9 Å². The first-order chi connectivity index (χ1) is 8.56. The molecule has 98 valence electrons. The van der Waals surface area contributed by atoms with E-state index in [1.807, 2.05) is 6.92 Å². The molecule has 0 radical (unpaired) electrons. The van der Waals surface area contributed by atoms with Gasteiger partial charge in [-0.1, -0.05) is 20.8 Å². The van der Waals surface area contributed by atoms with Gasteiger partial charge in [-0.3, -0.25) is 4.79 Å². The second-order valence-corrected chi connectivity index (χ2v) is 4.78. The summed E-state index contributed by atoms with van der Waals surface area (Å²) in [5, 5.41) is 11.5. The van der Waals surface area contributed by atoms with Gasteiger partial charge < -0.3 is 10.3 Å². The molecular weight excluding hydrogens is 228 g/mol. The minimum absolute atomic E-state index is 0.0978.